The van der Waals surface area contributed by atoms with Crippen LogP contribution >= 0.6 is 0 Å². The summed E-state index contributed by atoms with van der Waals surface area (Å²) < 4.78 is 6.36. The van der Waals surface area contributed by atoms with Crippen molar-refractivity contribution in [3.63, 3.8) is 0 Å². The number of ether oxygens (including phenoxy) is 1. The van der Waals surface area contributed by atoms with E-state index in [-0.39, 0.29) is 6.71 Å². The fourth-order valence-electron chi connectivity index (χ4n) is 4.98. The Labute approximate surface area is 171 Å². The molecule has 0 amide bonds. The second kappa shape index (κ2) is 6.02. The summed E-state index contributed by atoms with van der Waals surface area (Å²) >= 11 is 0. The lowest BCUT2D eigenvalue weighted by molar-refractivity contribution is 0.487. The second-order valence-electron chi connectivity index (χ2n) is 7.90. The van der Waals surface area contributed by atoms with E-state index in [1.54, 1.807) is 0 Å². The molecule has 2 aliphatic heterocycles. The molecule has 0 radical (unpaired) electrons. The zero-order valence-electron chi connectivity index (χ0n) is 16.5. The van der Waals surface area contributed by atoms with E-state index in [2.05, 4.69) is 97.6 Å². The van der Waals surface area contributed by atoms with Gasteiger partial charge in [-0.3, -0.25) is 0 Å². The SMILES string of the molecule is Cc1cccc(C)c1N1c2ccccc2B2c3ccccc3Oc3cccc1c32. The smallest absolute Gasteiger partial charge is 0.256 e. The van der Waals surface area contributed by atoms with E-state index in [0.29, 0.717) is 0 Å². The Balaban J connectivity index is 1.72. The molecule has 6 rings (SSSR count). The van der Waals surface area contributed by atoms with E-state index in [0.717, 1.165) is 11.5 Å². The van der Waals surface area contributed by atoms with Gasteiger partial charge in [-0.15, -0.1) is 0 Å². The van der Waals surface area contributed by atoms with E-state index in [4.69, 9.17) is 4.74 Å². The Morgan fingerprint density at radius 2 is 1.24 bits per heavy atom. The van der Waals surface area contributed by atoms with E-state index in [1.807, 2.05) is 6.07 Å². The molecule has 2 aliphatic rings. The largest absolute Gasteiger partial charge is 0.458 e. The van der Waals surface area contributed by atoms with Crippen molar-refractivity contribution in [3.05, 3.63) is 96.1 Å². The summed E-state index contributed by atoms with van der Waals surface area (Å²) in [5, 5.41) is 0. The van der Waals surface area contributed by atoms with Gasteiger partial charge < -0.3 is 9.64 Å². The number of aryl methyl sites for hydroxylation is 2. The van der Waals surface area contributed by atoms with Crippen molar-refractivity contribution >= 4 is 40.2 Å². The summed E-state index contributed by atoms with van der Waals surface area (Å²) in [6, 6.07) is 30.2. The summed E-state index contributed by atoms with van der Waals surface area (Å²) in [7, 11) is 0. The minimum absolute atomic E-state index is 0.183. The number of hydrogen-bond acceptors (Lipinski definition) is 2. The maximum absolute atomic E-state index is 6.36. The summed E-state index contributed by atoms with van der Waals surface area (Å²) in [6.45, 7) is 4.57. The molecule has 0 N–H and O–H groups in total. The van der Waals surface area contributed by atoms with Crippen molar-refractivity contribution in [3.8, 4) is 11.5 Å². The fraction of sp³-hybridized carbons (Fsp3) is 0.0769. The molecule has 0 atom stereocenters. The van der Waals surface area contributed by atoms with E-state index < -0.39 is 0 Å². The number of nitrogens with zero attached hydrogens (tertiary/aromatic N) is 1. The fourth-order valence-corrected chi connectivity index (χ4v) is 4.98. The average Bonchev–Trinajstić information content (AvgIpc) is 2.75. The van der Waals surface area contributed by atoms with E-state index in [1.165, 1.54) is 44.6 Å². The molecule has 4 aromatic carbocycles. The number of fused-ring (bicyclic) bond motifs is 4. The van der Waals surface area contributed by atoms with Crippen LogP contribution in [0.2, 0.25) is 0 Å². The summed E-state index contributed by atoms with van der Waals surface area (Å²) in [6.07, 6.45) is 0. The third-order valence-electron chi connectivity index (χ3n) is 6.17. The Bertz CT molecular complexity index is 1260. The predicted octanol–water partition coefficient (Wildman–Crippen LogP) is 4.71. The molecule has 2 heterocycles. The topological polar surface area (TPSA) is 12.5 Å². The van der Waals surface area contributed by atoms with Gasteiger partial charge in [-0.25, -0.2) is 0 Å². The van der Waals surface area contributed by atoms with Crippen LogP contribution in [0, 0.1) is 13.8 Å². The first-order valence-electron chi connectivity index (χ1n) is 10.1. The van der Waals surface area contributed by atoms with Crippen molar-refractivity contribution in [1.29, 1.82) is 0 Å². The molecular formula is C26H20BNO. The molecule has 0 saturated heterocycles. The molecular weight excluding hydrogens is 353 g/mol. The highest BCUT2D eigenvalue weighted by Gasteiger charge is 2.41. The van der Waals surface area contributed by atoms with Gasteiger partial charge in [0.25, 0.3) is 6.71 Å². The third-order valence-corrected chi connectivity index (χ3v) is 6.17. The summed E-state index contributed by atoms with van der Waals surface area (Å²) in [5.41, 5.74) is 10.1. The van der Waals surface area contributed by atoms with Gasteiger partial charge in [0, 0.05) is 11.4 Å². The van der Waals surface area contributed by atoms with Gasteiger partial charge in [0.2, 0.25) is 0 Å². The zero-order valence-corrected chi connectivity index (χ0v) is 16.5. The first kappa shape index (κ1) is 16.5. The van der Waals surface area contributed by atoms with Crippen LogP contribution in [-0.2, 0) is 0 Å². The quantitative estimate of drug-likeness (QED) is 0.387. The van der Waals surface area contributed by atoms with Crippen molar-refractivity contribution < 1.29 is 4.74 Å². The normalized spacial score (nSPS) is 13.3. The van der Waals surface area contributed by atoms with Gasteiger partial charge in [-0.05, 0) is 65.6 Å². The first-order chi connectivity index (χ1) is 14.2. The Kier molecular flexibility index (Phi) is 3.42. The van der Waals surface area contributed by atoms with Gasteiger partial charge >= 0.3 is 0 Å². The van der Waals surface area contributed by atoms with Gasteiger partial charge in [0.15, 0.2) is 0 Å². The molecule has 0 saturated carbocycles. The van der Waals surface area contributed by atoms with Crippen LogP contribution < -0.4 is 26.0 Å². The molecule has 29 heavy (non-hydrogen) atoms. The summed E-state index contributed by atoms with van der Waals surface area (Å²) in [4.78, 5) is 2.42. The molecule has 3 heteroatoms. The Morgan fingerprint density at radius 1 is 0.621 bits per heavy atom. The van der Waals surface area contributed by atoms with Crippen LogP contribution in [0.4, 0.5) is 17.1 Å². The summed E-state index contributed by atoms with van der Waals surface area (Å²) in [5.74, 6) is 1.91. The van der Waals surface area contributed by atoms with Crippen molar-refractivity contribution in [2.75, 3.05) is 4.90 Å². The lowest BCUT2D eigenvalue weighted by Crippen LogP contribution is -2.59. The van der Waals surface area contributed by atoms with E-state index in [9.17, 15) is 0 Å². The molecule has 0 spiro atoms. The number of para-hydroxylation sites is 3. The van der Waals surface area contributed by atoms with Crippen molar-refractivity contribution in [1.82, 2.24) is 0 Å². The van der Waals surface area contributed by atoms with Crippen LogP contribution in [0.25, 0.3) is 0 Å². The van der Waals surface area contributed by atoms with Gasteiger partial charge in [0.05, 0.1) is 5.69 Å². The molecule has 0 fully saturated rings. The lowest BCUT2D eigenvalue weighted by Gasteiger charge is -2.40. The van der Waals surface area contributed by atoms with Crippen LogP contribution in [0.15, 0.2) is 84.9 Å². The Hall–Kier alpha value is -3.46. The molecule has 0 aromatic heterocycles. The van der Waals surface area contributed by atoms with Gasteiger partial charge in [-0.2, -0.15) is 0 Å². The van der Waals surface area contributed by atoms with Crippen molar-refractivity contribution in [2.24, 2.45) is 0 Å². The highest BCUT2D eigenvalue weighted by Crippen LogP contribution is 2.42. The first-order valence-corrected chi connectivity index (χ1v) is 10.1. The average molecular weight is 373 g/mol. The number of benzene rings is 4. The maximum Gasteiger partial charge on any atom is 0.256 e. The lowest BCUT2D eigenvalue weighted by atomic mass is 9.34. The maximum atomic E-state index is 6.36. The minimum atomic E-state index is 0.183. The highest BCUT2D eigenvalue weighted by atomic mass is 16.5. The molecule has 0 bridgehead atoms. The second-order valence-corrected chi connectivity index (χ2v) is 7.90. The monoisotopic (exact) mass is 373 g/mol. The number of rotatable bonds is 1. The standard InChI is InChI=1S/C26H20BNO/c1-17-9-7-10-18(2)26(17)28-21-13-5-3-11-19(21)27-20-12-4-6-15-23(20)29-24-16-8-14-22(28)25(24)27/h3-16H,1-2H3. The third kappa shape index (κ3) is 2.25. The van der Waals surface area contributed by atoms with Gasteiger partial charge in [-0.1, -0.05) is 60.7 Å². The van der Waals surface area contributed by atoms with Gasteiger partial charge in [0.1, 0.15) is 11.5 Å². The molecule has 0 unspecified atom stereocenters. The van der Waals surface area contributed by atoms with Crippen molar-refractivity contribution in [2.45, 2.75) is 13.8 Å². The Morgan fingerprint density at radius 3 is 2.07 bits per heavy atom. The minimum Gasteiger partial charge on any atom is -0.458 e. The number of anilines is 3. The van der Waals surface area contributed by atoms with Crippen LogP contribution in [0.1, 0.15) is 11.1 Å². The number of hydrogen-bond donors (Lipinski definition) is 0. The zero-order chi connectivity index (χ0) is 19.5. The molecule has 0 aliphatic carbocycles. The molecule has 4 aromatic rings. The molecule has 2 nitrogen and oxygen atoms in total. The van der Waals surface area contributed by atoms with E-state index >= 15 is 0 Å². The van der Waals surface area contributed by atoms with Crippen LogP contribution in [-0.4, -0.2) is 6.71 Å². The molecule has 138 valence electrons. The predicted molar refractivity (Wildman–Crippen MR) is 122 cm³/mol. The van der Waals surface area contributed by atoms with Crippen LogP contribution in [0.5, 0.6) is 11.5 Å². The highest BCUT2D eigenvalue weighted by molar-refractivity contribution is 6.99. The van der Waals surface area contributed by atoms with Crippen LogP contribution in [0.3, 0.4) is 0 Å².